The molecule has 2 atom stereocenters. The molecule has 5 nitrogen and oxygen atoms in total. The average molecular weight is 268 g/mol. The molecular formula is C14H24N2O3. The Morgan fingerprint density at radius 1 is 1.47 bits per heavy atom. The second-order valence-corrected chi connectivity index (χ2v) is 5.89. The van der Waals surface area contributed by atoms with Gasteiger partial charge in [0.25, 0.3) is 0 Å². The quantitative estimate of drug-likeness (QED) is 0.801. The van der Waals surface area contributed by atoms with Gasteiger partial charge in [0, 0.05) is 19.6 Å². The van der Waals surface area contributed by atoms with E-state index in [1.807, 2.05) is 0 Å². The van der Waals surface area contributed by atoms with Gasteiger partial charge in [0.2, 0.25) is 5.91 Å². The summed E-state index contributed by atoms with van der Waals surface area (Å²) in [5.74, 6) is -0.980. The summed E-state index contributed by atoms with van der Waals surface area (Å²) in [6.07, 6.45) is 4.44. The topological polar surface area (TPSA) is 69.6 Å². The Bertz CT molecular complexity index is 345. The van der Waals surface area contributed by atoms with Gasteiger partial charge < -0.3 is 15.3 Å². The number of carboxylic acid groups (broad SMARTS) is 1. The highest BCUT2D eigenvalue weighted by Gasteiger charge is 2.43. The molecule has 0 radical (unpaired) electrons. The molecule has 2 aliphatic rings. The van der Waals surface area contributed by atoms with Gasteiger partial charge in [0.1, 0.15) is 0 Å². The maximum absolute atomic E-state index is 12.8. The van der Waals surface area contributed by atoms with E-state index in [2.05, 4.69) is 12.2 Å². The van der Waals surface area contributed by atoms with E-state index in [4.69, 9.17) is 5.11 Å². The summed E-state index contributed by atoms with van der Waals surface area (Å²) in [7, 11) is 0. The molecule has 0 aromatic carbocycles. The van der Waals surface area contributed by atoms with Crippen molar-refractivity contribution in [3.8, 4) is 0 Å². The molecule has 2 unspecified atom stereocenters. The number of rotatable bonds is 4. The third kappa shape index (κ3) is 2.91. The predicted octanol–water partition coefficient (Wildman–Crippen LogP) is 1.09. The first-order valence-corrected chi connectivity index (χ1v) is 7.32. The summed E-state index contributed by atoms with van der Waals surface area (Å²) >= 11 is 0. The average Bonchev–Trinajstić information content (AvgIpc) is 2.89. The molecule has 5 heteroatoms. The smallest absolute Gasteiger partial charge is 0.308 e. The second kappa shape index (κ2) is 5.90. The standard InChI is InChI=1S/C14H24N2O3/c1-2-5-14(6-3-7-15-10-14)13(19)16-8-4-11(9-16)12(17)18/h11,15H,2-10H2,1H3,(H,17,18). The Kier molecular flexibility index (Phi) is 4.45. The predicted molar refractivity (Wildman–Crippen MR) is 71.8 cm³/mol. The van der Waals surface area contributed by atoms with Crippen LogP contribution in [-0.2, 0) is 9.59 Å². The lowest BCUT2D eigenvalue weighted by Crippen LogP contribution is -2.51. The minimum absolute atomic E-state index is 0.172. The van der Waals surface area contributed by atoms with Gasteiger partial charge in [-0.15, -0.1) is 0 Å². The van der Waals surface area contributed by atoms with Crippen LogP contribution in [0.25, 0.3) is 0 Å². The monoisotopic (exact) mass is 268 g/mol. The van der Waals surface area contributed by atoms with Crippen LogP contribution in [0.4, 0.5) is 0 Å². The molecule has 0 spiro atoms. The molecule has 0 aromatic heterocycles. The number of carbonyl (C=O) groups is 2. The molecule has 0 bridgehead atoms. The van der Waals surface area contributed by atoms with Crippen molar-refractivity contribution < 1.29 is 14.7 Å². The van der Waals surface area contributed by atoms with Crippen LogP contribution >= 0.6 is 0 Å². The van der Waals surface area contributed by atoms with Gasteiger partial charge in [-0.3, -0.25) is 9.59 Å². The first-order valence-electron chi connectivity index (χ1n) is 7.32. The van der Waals surface area contributed by atoms with Crippen LogP contribution in [0.3, 0.4) is 0 Å². The minimum atomic E-state index is -0.776. The van der Waals surface area contributed by atoms with Crippen molar-refractivity contribution in [2.24, 2.45) is 11.3 Å². The van der Waals surface area contributed by atoms with Gasteiger partial charge in [-0.05, 0) is 32.2 Å². The van der Waals surface area contributed by atoms with Crippen LogP contribution in [-0.4, -0.2) is 48.1 Å². The van der Waals surface area contributed by atoms with Gasteiger partial charge in [0.05, 0.1) is 11.3 Å². The normalized spacial score (nSPS) is 31.4. The Morgan fingerprint density at radius 3 is 2.79 bits per heavy atom. The van der Waals surface area contributed by atoms with Crippen LogP contribution in [0, 0.1) is 11.3 Å². The van der Waals surface area contributed by atoms with E-state index in [-0.39, 0.29) is 17.2 Å². The summed E-state index contributed by atoms with van der Waals surface area (Å²) in [6, 6.07) is 0. The molecule has 0 saturated carbocycles. The van der Waals surface area contributed by atoms with Crippen molar-refractivity contribution >= 4 is 11.9 Å². The maximum atomic E-state index is 12.8. The number of piperidine rings is 1. The van der Waals surface area contributed by atoms with Gasteiger partial charge in [-0.1, -0.05) is 13.3 Å². The molecule has 2 fully saturated rings. The van der Waals surface area contributed by atoms with Crippen LogP contribution < -0.4 is 5.32 Å². The van der Waals surface area contributed by atoms with Crippen LogP contribution in [0.5, 0.6) is 0 Å². The zero-order valence-corrected chi connectivity index (χ0v) is 11.7. The zero-order valence-electron chi connectivity index (χ0n) is 11.7. The number of aliphatic carboxylic acids is 1. The Morgan fingerprint density at radius 2 is 2.26 bits per heavy atom. The lowest BCUT2D eigenvalue weighted by atomic mass is 9.75. The van der Waals surface area contributed by atoms with Gasteiger partial charge >= 0.3 is 5.97 Å². The minimum Gasteiger partial charge on any atom is -0.481 e. The number of carbonyl (C=O) groups excluding carboxylic acids is 1. The van der Waals surface area contributed by atoms with E-state index < -0.39 is 5.97 Å². The third-order valence-corrected chi connectivity index (χ3v) is 4.48. The van der Waals surface area contributed by atoms with E-state index >= 15 is 0 Å². The lowest BCUT2D eigenvalue weighted by molar-refractivity contribution is -0.144. The van der Waals surface area contributed by atoms with Gasteiger partial charge in [-0.2, -0.15) is 0 Å². The van der Waals surface area contributed by atoms with Crippen molar-refractivity contribution in [2.75, 3.05) is 26.2 Å². The van der Waals surface area contributed by atoms with E-state index in [0.29, 0.717) is 19.5 Å². The van der Waals surface area contributed by atoms with Crippen LogP contribution in [0.15, 0.2) is 0 Å². The highest BCUT2D eigenvalue weighted by molar-refractivity contribution is 5.84. The fourth-order valence-corrected chi connectivity index (χ4v) is 3.43. The highest BCUT2D eigenvalue weighted by Crippen LogP contribution is 2.35. The maximum Gasteiger partial charge on any atom is 0.308 e. The van der Waals surface area contributed by atoms with Crippen molar-refractivity contribution in [3.05, 3.63) is 0 Å². The number of nitrogens with zero attached hydrogens (tertiary/aromatic N) is 1. The molecule has 0 aromatic rings. The summed E-state index contributed by atoms with van der Waals surface area (Å²) in [6.45, 7) is 4.82. The number of carboxylic acids is 1. The summed E-state index contributed by atoms with van der Waals surface area (Å²) in [4.78, 5) is 25.6. The number of amides is 1. The number of nitrogens with one attached hydrogen (secondary N) is 1. The Hall–Kier alpha value is -1.10. The molecule has 1 amide bonds. The molecule has 2 heterocycles. The lowest BCUT2D eigenvalue weighted by Gasteiger charge is -2.39. The van der Waals surface area contributed by atoms with Crippen LogP contribution in [0.1, 0.15) is 39.0 Å². The molecule has 2 rings (SSSR count). The van der Waals surface area contributed by atoms with Gasteiger partial charge in [-0.25, -0.2) is 0 Å². The fraction of sp³-hybridized carbons (Fsp3) is 0.857. The van der Waals surface area contributed by atoms with E-state index in [1.54, 1.807) is 4.90 Å². The molecule has 2 aliphatic heterocycles. The Labute approximate surface area is 114 Å². The second-order valence-electron chi connectivity index (χ2n) is 5.89. The highest BCUT2D eigenvalue weighted by atomic mass is 16.4. The van der Waals surface area contributed by atoms with Crippen molar-refractivity contribution in [2.45, 2.75) is 39.0 Å². The SMILES string of the molecule is CCCC1(C(=O)N2CCC(C(=O)O)C2)CCCNC1. The largest absolute Gasteiger partial charge is 0.481 e. The number of hydrogen-bond donors (Lipinski definition) is 2. The first kappa shape index (κ1) is 14.3. The van der Waals surface area contributed by atoms with Crippen molar-refractivity contribution in [3.63, 3.8) is 0 Å². The molecular weight excluding hydrogens is 244 g/mol. The molecule has 108 valence electrons. The molecule has 2 N–H and O–H groups in total. The molecule has 2 saturated heterocycles. The molecule has 19 heavy (non-hydrogen) atoms. The zero-order chi connectivity index (χ0) is 13.9. The van der Waals surface area contributed by atoms with E-state index in [9.17, 15) is 9.59 Å². The Balaban J connectivity index is 2.05. The summed E-state index contributed by atoms with van der Waals surface area (Å²) in [5, 5.41) is 12.4. The van der Waals surface area contributed by atoms with Gasteiger partial charge in [0.15, 0.2) is 0 Å². The fourth-order valence-electron chi connectivity index (χ4n) is 3.43. The number of likely N-dealkylation sites (tertiary alicyclic amines) is 1. The molecule has 0 aliphatic carbocycles. The third-order valence-electron chi connectivity index (χ3n) is 4.48. The first-order chi connectivity index (χ1) is 9.09. The van der Waals surface area contributed by atoms with Crippen molar-refractivity contribution in [1.82, 2.24) is 10.2 Å². The number of hydrogen-bond acceptors (Lipinski definition) is 3. The summed E-state index contributed by atoms with van der Waals surface area (Å²) < 4.78 is 0. The van der Waals surface area contributed by atoms with Crippen molar-refractivity contribution in [1.29, 1.82) is 0 Å². The van der Waals surface area contributed by atoms with E-state index in [1.165, 1.54) is 0 Å². The van der Waals surface area contributed by atoms with Crippen LogP contribution in [0.2, 0.25) is 0 Å². The summed E-state index contributed by atoms with van der Waals surface area (Å²) in [5.41, 5.74) is -0.291. The van der Waals surface area contributed by atoms with E-state index in [0.717, 1.165) is 38.8 Å².